The standard InChI is InChI=1S/C19H16N2O/c20-19(22)17-6-2-1-5-16(17)13-14-8-10-15(11-9-14)18-7-3-4-12-21-18/h1-12H,13H2,(H2,20,22). The highest BCUT2D eigenvalue weighted by molar-refractivity contribution is 5.94. The first-order valence-electron chi connectivity index (χ1n) is 7.12. The summed E-state index contributed by atoms with van der Waals surface area (Å²) in [6.45, 7) is 0. The van der Waals surface area contributed by atoms with Gasteiger partial charge < -0.3 is 5.73 Å². The Hall–Kier alpha value is -2.94. The predicted molar refractivity (Wildman–Crippen MR) is 87.4 cm³/mol. The van der Waals surface area contributed by atoms with Crippen molar-refractivity contribution in [1.29, 1.82) is 0 Å². The van der Waals surface area contributed by atoms with E-state index >= 15 is 0 Å². The zero-order valence-electron chi connectivity index (χ0n) is 12.1. The molecule has 3 rings (SSSR count). The SMILES string of the molecule is NC(=O)c1ccccc1Cc1ccc(-c2ccccn2)cc1. The van der Waals surface area contributed by atoms with Gasteiger partial charge in [-0.15, -0.1) is 0 Å². The molecule has 0 unspecified atom stereocenters. The number of carbonyl (C=O) groups is 1. The number of amides is 1. The molecule has 1 aromatic heterocycles. The maximum Gasteiger partial charge on any atom is 0.248 e. The van der Waals surface area contributed by atoms with E-state index in [2.05, 4.69) is 17.1 Å². The molecule has 108 valence electrons. The van der Waals surface area contributed by atoms with Crippen LogP contribution in [0.5, 0.6) is 0 Å². The number of hydrogen-bond acceptors (Lipinski definition) is 2. The summed E-state index contributed by atoms with van der Waals surface area (Å²) in [5.74, 6) is -0.388. The summed E-state index contributed by atoms with van der Waals surface area (Å²) in [6, 6.07) is 21.5. The van der Waals surface area contributed by atoms with Crippen molar-refractivity contribution in [3.05, 3.63) is 89.6 Å². The van der Waals surface area contributed by atoms with Crippen molar-refractivity contribution in [2.75, 3.05) is 0 Å². The number of pyridine rings is 1. The van der Waals surface area contributed by atoms with Crippen LogP contribution in [0.25, 0.3) is 11.3 Å². The van der Waals surface area contributed by atoms with Gasteiger partial charge in [0.1, 0.15) is 0 Å². The largest absolute Gasteiger partial charge is 0.366 e. The first kappa shape index (κ1) is 14.0. The molecule has 3 aromatic rings. The second-order valence-electron chi connectivity index (χ2n) is 5.11. The Morgan fingerprint density at radius 1 is 0.909 bits per heavy atom. The highest BCUT2D eigenvalue weighted by Crippen LogP contribution is 2.19. The third-order valence-corrected chi connectivity index (χ3v) is 3.59. The molecule has 0 aliphatic rings. The third-order valence-electron chi connectivity index (χ3n) is 3.59. The van der Waals surface area contributed by atoms with Crippen LogP contribution in [0.15, 0.2) is 72.9 Å². The van der Waals surface area contributed by atoms with Crippen LogP contribution in [-0.4, -0.2) is 10.9 Å². The topological polar surface area (TPSA) is 56.0 Å². The van der Waals surface area contributed by atoms with Gasteiger partial charge in [0.25, 0.3) is 0 Å². The molecule has 0 aliphatic heterocycles. The lowest BCUT2D eigenvalue weighted by atomic mass is 9.98. The van der Waals surface area contributed by atoms with E-state index in [1.54, 1.807) is 12.3 Å². The number of nitrogens with two attached hydrogens (primary N) is 1. The van der Waals surface area contributed by atoms with E-state index in [9.17, 15) is 4.79 Å². The van der Waals surface area contributed by atoms with Crippen LogP contribution in [0.3, 0.4) is 0 Å². The molecule has 22 heavy (non-hydrogen) atoms. The smallest absolute Gasteiger partial charge is 0.248 e. The summed E-state index contributed by atoms with van der Waals surface area (Å²) in [6.07, 6.45) is 2.47. The Balaban J connectivity index is 1.84. The summed E-state index contributed by atoms with van der Waals surface area (Å²) in [7, 11) is 0. The van der Waals surface area contributed by atoms with E-state index in [-0.39, 0.29) is 5.91 Å². The number of aromatic nitrogens is 1. The second-order valence-corrected chi connectivity index (χ2v) is 5.11. The van der Waals surface area contributed by atoms with Crippen molar-refractivity contribution in [3.8, 4) is 11.3 Å². The zero-order valence-corrected chi connectivity index (χ0v) is 12.1. The van der Waals surface area contributed by atoms with Gasteiger partial charge in [0, 0.05) is 17.3 Å². The van der Waals surface area contributed by atoms with Crippen LogP contribution >= 0.6 is 0 Å². The fraction of sp³-hybridized carbons (Fsp3) is 0.0526. The van der Waals surface area contributed by atoms with Crippen molar-refractivity contribution >= 4 is 5.91 Å². The number of benzene rings is 2. The van der Waals surface area contributed by atoms with Gasteiger partial charge in [0.05, 0.1) is 5.69 Å². The van der Waals surface area contributed by atoms with E-state index in [4.69, 9.17) is 5.73 Å². The average molecular weight is 288 g/mol. The number of primary amides is 1. The van der Waals surface area contributed by atoms with Crippen molar-refractivity contribution in [2.24, 2.45) is 5.73 Å². The van der Waals surface area contributed by atoms with Gasteiger partial charge in [-0.25, -0.2) is 0 Å². The van der Waals surface area contributed by atoms with Crippen molar-refractivity contribution < 1.29 is 4.79 Å². The van der Waals surface area contributed by atoms with Crippen LogP contribution in [0.1, 0.15) is 21.5 Å². The molecule has 0 saturated carbocycles. The first-order chi connectivity index (χ1) is 10.7. The molecule has 2 N–H and O–H groups in total. The van der Waals surface area contributed by atoms with E-state index in [1.807, 2.05) is 48.5 Å². The number of rotatable bonds is 4. The molecule has 0 saturated heterocycles. The fourth-order valence-corrected chi connectivity index (χ4v) is 2.46. The Labute approximate surface area is 129 Å². The third kappa shape index (κ3) is 3.04. The van der Waals surface area contributed by atoms with Crippen molar-refractivity contribution in [2.45, 2.75) is 6.42 Å². The molecule has 0 aliphatic carbocycles. The quantitative estimate of drug-likeness (QED) is 0.799. The van der Waals surface area contributed by atoms with Gasteiger partial charge in [0.2, 0.25) is 5.91 Å². The normalized spacial score (nSPS) is 10.4. The van der Waals surface area contributed by atoms with Gasteiger partial charge in [-0.2, -0.15) is 0 Å². The molecule has 0 fully saturated rings. The lowest BCUT2D eigenvalue weighted by Crippen LogP contribution is -2.13. The van der Waals surface area contributed by atoms with Crippen molar-refractivity contribution in [3.63, 3.8) is 0 Å². The number of hydrogen-bond donors (Lipinski definition) is 1. The Morgan fingerprint density at radius 3 is 2.32 bits per heavy atom. The first-order valence-corrected chi connectivity index (χ1v) is 7.12. The van der Waals surface area contributed by atoms with Crippen LogP contribution in [0.2, 0.25) is 0 Å². The summed E-state index contributed by atoms with van der Waals surface area (Å²) < 4.78 is 0. The molecule has 0 radical (unpaired) electrons. The van der Waals surface area contributed by atoms with E-state index in [1.165, 1.54) is 0 Å². The lowest BCUT2D eigenvalue weighted by Gasteiger charge is -2.07. The molecule has 3 nitrogen and oxygen atoms in total. The Bertz CT molecular complexity index is 780. The van der Waals surface area contributed by atoms with Crippen LogP contribution in [0, 0.1) is 0 Å². The predicted octanol–water partition coefficient (Wildman–Crippen LogP) is 3.44. The van der Waals surface area contributed by atoms with Gasteiger partial charge in [-0.1, -0.05) is 48.5 Å². The van der Waals surface area contributed by atoms with Crippen LogP contribution < -0.4 is 5.73 Å². The van der Waals surface area contributed by atoms with E-state index < -0.39 is 0 Å². The zero-order chi connectivity index (χ0) is 15.4. The fourth-order valence-electron chi connectivity index (χ4n) is 2.46. The maximum atomic E-state index is 11.5. The summed E-state index contributed by atoms with van der Waals surface area (Å²) in [5, 5.41) is 0. The molecule has 3 heteroatoms. The van der Waals surface area contributed by atoms with E-state index in [0.29, 0.717) is 12.0 Å². The van der Waals surface area contributed by atoms with Gasteiger partial charge in [-0.3, -0.25) is 9.78 Å². The summed E-state index contributed by atoms with van der Waals surface area (Å²) in [5.41, 5.74) is 10.1. The van der Waals surface area contributed by atoms with E-state index in [0.717, 1.165) is 22.4 Å². The van der Waals surface area contributed by atoms with Crippen LogP contribution in [-0.2, 0) is 6.42 Å². The molecule has 0 spiro atoms. The van der Waals surface area contributed by atoms with Crippen LogP contribution in [0.4, 0.5) is 0 Å². The van der Waals surface area contributed by atoms with Crippen molar-refractivity contribution in [1.82, 2.24) is 4.98 Å². The highest BCUT2D eigenvalue weighted by atomic mass is 16.1. The minimum atomic E-state index is -0.388. The monoisotopic (exact) mass is 288 g/mol. The van der Waals surface area contributed by atoms with Gasteiger partial charge in [-0.05, 0) is 35.7 Å². The minimum Gasteiger partial charge on any atom is -0.366 e. The minimum absolute atomic E-state index is 0.388. The molecule has 1 heterocycles. The lowest BCUT2D eigenvalue weighted by molar-refractivity contribution is 0.0999. The molecular weight excluding hydrogens is 272 g/mol. The molecule has 1 amide bonds. The molecular formula is C19H16N2O. The number of carbonyl (C=O) groups excluding carboxylic acids is 1. The molecule has 2 aromatic carbocycles. The highest BCUT2D eigenvalue weighted by Gasteiger charge is 2.08. The second kappa shape index (κ2) is 6.22. The van der Waals surface area contributed by atoms with Gasteiger partial charge >= 0.3 is 0 Å². The number of nitrogens with zero attached hydrogens (tertiary/aromatic N) is 1. The summed E-state index contributed by atoms with van der Waals surface area (Å²) in [4.78, 5) is 15.8. The molecule has 0 bridgehead atoms. The Kier molecular flexibility index (Phi) is 3.97. The molecule has 0 atom stereocenters. The summed E-state index contributed by atoms with van der Waals surface area (Å²) >= 11 is 0. The maximum absolute atomic E-state index is 11.5. The Morgan fingerprint density at radius 2 is 1.64 bits per heavy atom. The van der Waals surface area contributed by atoms with Gasteiger partial charge in [0.15, 0.2) is 0 Å². The average Bonchev–Trinajstić information content (AvgIpc) is 2.57.